The maximum Gasteiger partial charge on any atom is 0.341 e. The molecule has 2 rings (SSSR count). The van der Waals surface area contributed by atoms with Crippen molar-refractivity contribution in [3.05, 3.63) is 53.3 Å². The van der Waals surface area contributed by atoms with E-state index < -0.39 is 22.1 Å². The van der Waals surface area contributed by atoms with Crippen LogP contribution in [0.3, 0.4) is 0 Å². The van der Waals surface area contributed by atoms with Crippen LogP contribution in [0.4, 0.5) is 0 Å². The number of methoxy groups -OCH3 is 1. The average molecular weight is 410 g/mol. The summed E-state index contributed by atoms with van der Waals surface area (Å²) in [5.74, 6) is -0.515. The van der Waals surface area contributed by atoms with Gasteiger partial charge in [-0.3, -0.25) is 0 Å². The molecular weight excluding hydrogens is 382 g/mol. The molecule has 0 saturated heterocycles. The van der Waals surface area contributed by atoms with Gasteiger partial charge in [-0.05, 0) is 17.9 Å². The van der Waals surface area contributed by atoms with Gasteiger partial charge in [0, 0.05) is 19.2 Å². The molecule has 154 valence electrons. The van der Waals surface area contributed by atoms with Crippen molar-refractivity contribution in [2.45, 2.75) is 38.9 Å². The molecule has 1 atom stereocenters. The van der Waals surface area contributed by atoms with Gasteiger partial charge in [0.2, 0.25) is 5.09 Å². The number of rotatable bonds is 7. The molecule has 0 spiro atoms. The molecule has 0 bridgehead atoms. The van der Waals surface area contributed by atoms with Crippen LogP contribution in [0.5, 0.6) is 0 Å². The van der Waals surface area contributed by atoms with Crippen molar-refractivity contribution in [2.24, 2.45) is 5.41 Å². The lowest BCUT2D eigenvalue weighted by Gasteiger charge is -2.30. The summed E-state index contributed by atoms with van der Waals surface area (Å²) >= 11 is 0. The van der Waals surface area contributed by atoms with Crippen molar-refractivity contribution in [2.75, 3.05) is 20.2 Å². The van der Waals surface area contributed by atoms with E-state index in [1.165, 1.54) is 24.4 Å². The normalized spacial score (nSPS) is 13.5. The Hall–Kier alpha value is -2.16. The number of hydrogen-bond acceptors (Lipinski definition) is 6. The number of benzene rings is 1. The summed E-state index contributed by atoms with van der Waals surface area (Å²) in [4.78, 5) is 11.8. The first kappa shape index (κ1) is 22.1. The van der Waals surface area contributed by atoms with Gasteiger partial charge in [0.05, 0.1) is 13.2 Å². The average Bonchev–Trinajstić information content (AvgIpc) is 3.02. The molecule has 2 aromatic rings. The summed E-state index contributed by atoms with van der Waals surface area (Å²) in [5, 5.41) is 10.2. The van der Waals surface area contributed by atoms with Gasteiger partial charge in [-0.25, -0.2) is 13.2 Å². The minimum atomic E-state index is -4.08. The fourth-order valence-electron chi connectivity index (χ4n) is 2.77. The number of esters is 1. The summed E-state index contributed by atoms with van der Waals surface area (Å²) in [6, 6.07) is 10.0. The van der Waals surface area contributed by atoms with Crippen LogP contribution in [0, 0.1) is 12.3 Å². The van der Waals surface area contributed by atoms with E-state index in [1.807, 2.05) is 26.8 Å². The van der Waals surface area contributed by atoms with Crippen molar-refractivity contribution >= 4 is 16.0 Å². The van der Waals surface area contributed by atoms with Crippen LogP contribution in [0.25, 0.3) is 0 Å². The van der Waals surface area contributed by atoms with Crippen LogP contribution in [0.15, 0.2) is 45.9 Å². The number of carbonyl (C=O) groups is 1. The maximum atomic E-state index is 13.2. The van der Waals surface area contributed by atoms with Crippen molar-refractivity contribution in [3.63, 3.8) is 0 Å². The highest BCUT2D eigenvalue weighted by molar-refractivity contribution is 7.89. The molecule has 0 unspecified atom stereocenters. The van der Waals surface area contributed by atoms with Gasteiger partial charge in [0.1, 0.15) is 11.3 Å². The third-order valence-electron chi connectivity index (χ3n) is 4.11. The van der Waals surface area contributed by atoms with Crippen molar-refractivity contribution < 1.29 is 27.5 Å². The van der Waals surface area contributed by atoms with Crippen LogP contribution >= 0.6 is 0 Å². The number of furan rings is 1. The zero-order valence-corrected chi connectivity index (χ0v) is 17.6. The van der Waals surface area contributed by atoms with Crippen LogP contribution in [0.1, 0.15) is 48.6 Å². The Morgan fingerprint density at radius 1 is 1.25 bits per heavy atom. The fourth-order valence-corrected chi connectivity index (χ4v) is 4.42. The van der Waals surface area contributed by atoms with E-state index in [9.17, 15) is 18.3 Å². The maximum absolute atomic E-state index is 13.2. The van der Waals surface area contributed by atoms with Gasteiger partial charge in [0.25, 0.3) is 10.0 Å². The highest BCUT2D eigenvalue weighted by atomic mass is 32.2. The first-order valence-electron chi connectivity index (χ1n) is 8.87. The lowest BCUT2D eigenvalue weighted by atomic mass is 9.97. The Bertz CT molecular complexity index is 912. The summed E-state index contributed by atoms with van der Waals surface area (Å²) in [5.41, 5.74) is 0.305. The van der Waals surface area contributed by atoms with E-state index in [4.69, 9.17) is 4.42 Å². The number of aliphatic hydroxyl groups excluding tert-OH is 1. The van der Waals surface area contributed by atoms with Gasteiger partial charge in [0.15, 0.2) is 0 Å². The first-order chi connectivity index (χ1) is 13.0. The SMILES string of the molecule is COC(=O)c1cc(S(=O)(=O)N(C[C@@H](O)c2ccccc2)CC(C)(C)C)oc1C. The van der Waals surface area contributed by atoms with E-state index in [2.05, 4.69) is 4.74 Å². The molecule has 0 radical (unpaired) electrons. The molecule has 1 aromatic heterocycles. The first-order valence-corrected chi connectivity index (χ1v) is 10.3. The molecule has 1 aromatic carbocycles. The number of hydrogen-bond donors (Lipinski definition) is 1. The van der Waals surface area contributed by atoms with Crippen molar-refractivity contribution in [1.82, 2.24) is 4.31 Å². The summed E-state index contributed by atoms with van der Waals surface area (Å²) in [6.45, 7) is 7.22. The van der Waals surface area contributed by atoms with Crippen LogP contribution in [-0.4, -0.2) is 44.0 Å². The lowest BCUT2D eigenvalue weighted by molar-refractivity contribution is 0.0598. The van der Waals surface area contributed by atoms with Gasteiger partial charge < -0.3 is 14.3 Å². The third-order valence-corrected chi connectivity index (χ3v) is 5.77. The Morgan fingerprint density at radius 3 is 2.39 bits per heavy atom. The van der Waals surface area contributed by atoms with E-state index in [1.54, 1.807) is 24.3 Å². The summed E-state index contributed by atoms with van der Waals surface area (Å²) in [6.07, 6.45) is -1.01. The standard InChI is InChI=1S/C20H27NO6S/c1-14-16(19(23)26-5)11-18(27-14)28(24,25)21(13-20(2,3)4)12-17(22)15-9-7-6-8-10-15/h6-11,17,22H,12-13H2,1-5H3/t17-/m1/s1. The molecule has 0 saturated carbocycles. The number of aryl methyl sites for hydroxylation is 1. The van der Waals surface area contributed by atoms with Crippen molar-refractivity contribution in [1.29, 1.82) is 0 Å². The zero-order valence-electron chi connectivity index (χ0n) is 16.8. The van der Waals surface area contributed by atoms with E-state index in [0.29, 0.717) is 5.56 Å². The monoisotopic (exact) mass is 409 g/mol. The summed E-state index contributed by atoms with van der Waals surface area (Å²) < 4.78 is 37.7. The molecule has 7 nitrogen and oxygen atoms in total. The summed E-state index contributed by atoms with van der Waals surface area (Å²) in [7, 11) is -2.87. The highest BCUT2D eigenvalue weighted by Crippen LogP contribution is 2.28. The number of sulfonamides is 1. The zero-order chi connectivity index (χ0) is 21.1. The second-order valence-electron chi connectivity index (χ2n) is 7.81. The van der Waals surface area contributed by atoms with Crippen LogP contribution in [0.2, 0.25) is 0 Å². The smallest absolute Gasteiger partial charge is 0.341 e. The molecule has 28 heavy (non-hydrogen) atoms. The van der Waals surface area contributed by atoms with Crippen LogP contribution in [-0.2, 0) is 14.8 Å². The Balaban J connectivity index is 2.40. The minimum absolute atomic E-state index is 0.0559. The minimum Gasteiger partial charge on any atom is -0.465 e. The largest absolute Gasteiger partial charge is 0.465 e. The Labute approximate surface area is 166 Å². The lowest BCUT2D eigenvalue weighted by Crippen LogP contribution is -2.40. The highest BCUT2D eigenvalue weighted by Gasteiger charge is 2.34. The molecule has 0 aliphatic carbocycles. The van der Waals surface area contributed by atoms with Gasteiger partial charge in [-0.1, -0.05) is 51.1 Å². The van der Waals surface area contributed by atoms with Gasteiger partial charge in [-0.15, -0.1) is 0 Å². The number of ether oxygens (including phenoxy) is 1. The quantitative estimate of drug-likeness (QED) is 0.706. The van der Waals surface area contributed by atoms with Crippen molar-refractivity contribution in [3.8, 4) is 0 Å². The topological polar surface area (TPSA) is 97.1 Å². The predicted molar refractivity (Wildman–Crippen MR) is 104 cm³/mol. The molecule has 0 aliphatic rings. The van der Waals surface area contributed by atoms with Gasteiger partial charge in [-0.2, -0.15) is 4.31 Å². The second-order valence-corrected chi connectivity index (χ2v) is 9.68. The molecule has 0 aliphatic heterocycles. The fraction of sp³-hybridized carbons (Fsp3) is 0.450. The van der Waals surface area contributed by atoms with Gasteiger partial charge >= 0.3 is 5.97 Å². The number of nitrogens with zero attached hydrogens (tertiary/aromatic N) is 1. The molecule has 0 amide bonds. The molecule has 0 fully saturated rings. The van der Waals surface area contributed by atoms with Crippen LogP contribution < -0.4 is 0 Å². The Morgan fingerprint density at radius 2 is 1.86 bits per heavy atom. The third kappa shape index (κ3) is 5.21. The molecule has 1 heterocycles. The Kier molecular flexibility index (Phi) is 6.69. The van der Waals surface area contributed by atoms with E-state index in [0.717, 1.165) is 0 Å². The predicted octanol–water partition coefficient (Wildman–Crippen LogP) is 3.15. The number of aliphatic hydroxyl groups is 1. The second kappa shape index (κ2) is 8.46. The van der Waals surface area contributed by atoms with E-state index in [-0.39, 0.29) is 34.9 Å². The molecular formula is C20H27NO6S. The molecule has 1 N–H and O–H groups in total. The number of carbonyl (C=O) groups excluding carboxylic acids is 1. The van der Waals surface area contributed by atoms with E-state index >= 15 is 0 Å². The molecule has 8 heteroatoms.